The molecule has 0 aliphatic carbocycles. The van der Waals surface area contributed by atoms with Crippen molar-refractivity contribution in [3.8, 4) is 0 Å². The third-order valence-corrected chi connectivity index (χ3v) is 3.12. The number of para-hydroxylation sites is 1. The van der Waals surface area contributed by atoms with Crippen LogP contribution in [0.3, 0.4) is 0 Å². The van der Waals surface area contributed by atoms with E-state index in [0.29, 0.717) is 23.1 Å². The molecular formula is C15H16ClN3O. The Morgan fingerprint density at radius 2 is 2.00 bits per heavy atom. The van der Waals surface area contributed by atoms with Gasteiger partial charge >= 0.3 is 0 Å². The Morgan fingerprint density at radius 3 is 2.60 bits per heavy atom. The molecule has 1 N–H and O–H groups in total. The molecule has 104 valence electrons. The van der Waals surface area contributed by atoms with E-state index in [4.69, 9.17) is 11.6 Å². The highest BCUT2D eigenvalue weighted by Gasteiger charge is 2.17. The molecule has 0 saturated heterocycles. The number of carbonyl (C=O) groups excluding carboxylic acids is 1. The van der Waals surface area contributed by atoms with E-state index in [-0.39, 0.29) is 5.91 Å². The van der Waals surface area contributed by atoms with Crippen molar-refractivity contribution in [3.63, 3.8) is 0 Å². The fourth-order valence-electron chi connectivity index (χ4n) is 1.96. The largest absolute Gasteiger partial charge is 0.373 e. The summed E-state index contributed by atoms with van der Waals surface area (Å²) in [5, 5.41) is 3.19. The first-order valence-corrected chi connectivity index (χ1v) is 6.75. The van der Waals surface area contributed by atoms with Crippen molar-refractivity contribution in [3.05, 3.63) is 53.2 Å². The number of nitrogens with zero attached hydrogens (tertiary/aromatic N) is 2. The van der Waals surface area contributed by atoms with Crippen LogP contribution >= 0.6 is 11.6 Å². The van der Waals surface area contributed by atoms with Crippen molar-refractivity contribution in [2.24, 2.45) is 0 Å². The second-order valence-electron chi connectivity index (χ2n) is 4.20. The van der Waals surface area contributed by atoms with E-state index in [1.54, 1.807) is 24.1 Å². The highest BCUT2D eigenvalue weighted by atomic mass is 35.5. The predicted molar refractivity (Wildman–Crippen MR) is 82.6 cm³/mol. The van der Waals surface area contributed by atoms with Gasteiger partial charge in [-0.1, -0.05) is 29.8 Å². The number of pyridine rings is 1. The zero-order valence-electron chi connectivity index (χ0n) is 11.4. The lowest BCUT2D eigenvalue weighted by molar-refractivity contribution is 0.0988. The van der Waals surface area contributed by atoms with Crippen molar-refractivity contribution in [2.45, 2.75) is 6.92 Å². The number of aromatic nitrogens is 1. The number of anilines is 2. The number of rotatable bonds is 4. The molecule has 20 heavy (non-hydrogen) atoms. The fraction of sp³-hybridized carbons (Fsp3) is 0.200. The summed E-state index contributed by atoms with van der Waals surface area (Å²) in [6.07, 6.45) is 0. The van der Waals surface area contributed by atoms with Crippen LogP contribution in [0.2, 0.25) is 5.15 Å². The van der Waals surface area contributed by atoms with Gasteiger partial charge in [0.05, 0.1) is 0 Å². The molecule has 2 aromatic rings. The maximum absolute atomic E-state index is 12.6. The number of hydrogen-bond donors (Lipinski definition) is 1. The maximum atomic E-state index is 12.6. The molecule has 0 radical (unpaired) electrons. The van der Waals surface area contributed by atoms with E-state index in [1.165, 1.54) is 0 Å². The molecule has 0 saturated carbocycles. The van der Waals surface area contributed by atoms with Crippen LogP contribution in [0.5, 0.6) is 0 Å². The summed E-state index contributed by atoms with van der Waals surface area (Å²) in [5.41, 5.74) is 1.37. The van der Waals surface area contributed by atoms with Crippen LogP contribution in [-0.4, -0.2) is 24.5 Å². The van der Waals surface area contributed by atoms with Crippen molar-refractivity contribution in [1.82, 2.24) is 4.98 Å². The monoisotopic (exact) mass is 289 g/mol. The molecule has 1 aromatic carbocycles. The molecule has 5 heteroatoms. The molecule has 0 unspecified atom stereocenters. The summed E-state index contributed by atoms with van der Waals surface area (Å²) in [6, 6.07) is 12.8. The summed E-state index contributed by atoms with van der Waals surface area (Å²) in [5.74, 6) is 0.476. The topological polar surface area (TPSA) is 45.2 Å². The molecule has 0 bridgehead atoms. The Kier molecular flexibility index (Phi) is 4.58. The van der Waals surface area contributed by atoms with Crippen molar-refractivity contribution < 1.29 is 4.79 Å². The number of nitrogens with one attached hydrogen (secondary N) is 1. The van der Waals surface area contributed by atoms with Crippen LogP contribution in [-0.2, 0) is 0 Å². The Labute approximate surface area is 123 Å². The number of hydrogen-bond acceptors (Lipinski definition) is 3. The van der Waals surface area contributed by atoms with Crippen LogP contribution in [0.4, 0.5) is 11.5 Å². The van der Waals surface area contributed by atoms with Crippen LogP contribution < -0.4 is 10.2 Å². The zero-order valence-corrected chi connectivity index (χ0v) is 12.2. The molecule has 1 heterocycles. The van der Waals surface area contributed by atoms with Crippen molar-refractivity contribution >= 4 is 29.0 Å². The van der Waals surface area contributed by atoms with Gasteiger partial charge in [-0.05, 0) is 31.2 Å². The lowest BCUT2D eigenvalue weighted by Crippen LogP contribution is -2.30. The van der Waals surface area contributed by atoms with Crippen LogP contribution in [0.25, 0.3) is 0 Å². The van der Waals surface area contributed by atoms with E-state index in [1.807, 2.05) is 37.3 Å². The first-order chi connectivity index (χ1) is 9.65. The van der Waals surface area contributed by atoms with Crippen LogP contribution in [0, 0.1) is 0 Å². The fourth-order valence-corrected chi connectivity index (χ4v) is 2.16. The van der Waals surface area contributed by atoms with Gasteiger partial charge in [-0.25, -0.2) is 4.98 Å². The van der Waals surface area contributed by atoms with Gasteiger partial charge in [0.25, 0.3) is 5.91 Å². The second kappa shape index (κ2) is 6.39. The molecule has 0 spiro atoms. The number of halogens is 1. The molecule has 2 rings (SSSR count). The Morgan fingerprint density at radius 1 is 1.30 bits per heavy atom. The van der Waals surface area contributed by atoms with Gasteiger partial charge in [0.1, 0.15) is 11.0 Å². The molecular weight excluding hydrogens is 274 g/mol. The molecule has 0 aliphatic heterocycles. The second-order valence-corrected chi connectivity index (χ2v) is 4.59. The van der Waals surface area contributed by atoms with Gasteiger partial charge < -0.3 is 10.2 Å². The molecule has 0 atom stereocenters. The van der Waals surface area contributed by atoms with Gasteiger partial charge in [-0.15, -0.1) is 0 Å². The summed E-state index contributed by atoms with van der Waals surface area (Å²) >= 11 is 5.94. The average Bonchev–Trinajstić information content (AvgIpc) is 2.48. The van der Waals surface area contributed by atoms with E-state index >= 15 is 0 Å². The first kappa shape index (κ1) is 14.3. The van der Waals surface area contributed by atoms with Crippen molar-refractivity contribution in [1.29, 1.82) is 0 Å². The minimum Gasteiger partial charge on any atom is -0.373 e. The van der Waals surface area contributed by atoms with Crippen LogP contribution in [0.15, 0.2) is 42.5 Å². The lowest BCUT2D eigenvalue weighted by Gasteiger charge is -2.21. The van der Waals surface area contributed by atoms with Gasteiger partial charge in [0.2, 0.25) is 0 Å². The van der Waals surface area contributed by atoms with Gasteiger partial charge in [0.15, 0.2) is 0 Å². The highest BCUT2D eigenvalue weighted by Crippen LogP contribution is 2.20. The number of carbonyl (C=O) groups is 1. The van der Waals surface area contributed by atoms with Gasteiger partial charge in [0, 0.05) is 24.8 Å². The number of benzene rings is 1. The smallest absolute Gasteiger partial charge is 0.258 e. The zero-order chi connectivity index (χ0) is 14.5. The SMILES string of the molecule is CCN(C(=O)c1cc(Cl)nc(NC)c1)c1ccccc1. The molecule has 0 aliphatic rings. The Balaban J connectivity index is 2.36. The molecule has 0 fully saturated rings. The van der Waals surface area contributed by atoms with E-state index in [2.05, 4.69) is 10.3 Å². The third-order valence-electron chi connectivity index (χ3n) is 2.93. The summed E-state index contributed by atoms with van der Waals surface area (Å²) in [4.78, 5) is 18.4. The van der Waals surface area contributed by atoms with Gasteiger partial charge in [-0.2, -0.15) is 0 Å². The minimum absolute atomic E-state index is 0.0977. The standard InChI is InChI=1S/C15H16ClN3O/c1-3-19(12-7-5-4-6-8-12)15(20)11-9-13(16)18-14(10-11)17-2/h4-10H,3H2,1-2H3,(H,17,18). The van der Waals surface area contributed by atoms with Gasteiger partial charge in [-0.3, -0.25) is 4.79 Å². The molecule has 1 aromatic heterocycles. The third kappa shape index (κ3) is 3.08. The molecule has 4 nitrogen and oxygen atoms in total. The summed E-state index contributed by atoms with van der Waals surface area (Å²) < 4.78 is 0. The highest BCUT2D eigenvalue weighted by molar-refractivity contribution is 6.30. The van der Waals surface area contributed by atoms with E-state index in [0.717, 1.165) is 5.69 Å². The maximum Gasteiger partial charge on any atom is 0.258 e. The first-order valence-electron chi connectivity index (χ1n) is 6.38. The van der Waals surface area contributed by atoms with E-state index in [9.17, 15) is 4.79 Å². The predicted octanol–water partition coefficient (Wildman–Crippen LogP) is 3.44. The Hall–Kier alpha value is -2.07. The normalized spacial score (nSPS) is 10.2. The summed E-state index contributed by atoms with van der Waals surface area (Å²) in [7, 11) is 1.74. The van der Waals surface area contributed by atoms with Crippen molar-refractivity contribution in [2.75, 3.05) is 23.8 Å². The Bertz CT molecular complexity index is 601. The molecule has 1 amide bonds. The van der Waals surface area contributed by atoms with Crippen LogP contribution in [0.1, 0.15) is 17.3 Å². The lowest BCUT2D eigenvalue weighted by atomic mass is 10.2. The minimum atomic E-state index is -0.0977. The number of amides is 1. The van der Waals surface area contributed by atoms with E-state index < -0.39 is 0 Å². The average molecular weight is 290 g/mol. The summed E-state index contributed by atoms with van der Waals surface area (Å²) in [6.45, 7) is 2.52. The quantitative estimate of drug-likeness (QED) is 0.877.